The third kappa shape index (κ3) is 6.09. The number of rotatable bonds is 10. The summed E-state index contributed by atoms with van der Waals surface area (Å²) in [6.45, 7) is 8.97. The predicted octanol–water partition coefficient (Wildman–Crippen LogP) is 4.87. The Labute approximate surface area is 204 Å². The zero-order valence-corrected chi connectivity index (χ0v) is 20.9. The molecule has 3 aromatic rings. The van der Waals surface area contributed by atoms with Gasteiger partial charge in [0, 0.05) is 24.0 Å². The number of carbonyl (C=O) groups is 1. The van der Waals surface area contributed by atoms with Crippen molar-refractivity contribution < 1.29 is 23.5 Å². The monoisotopic (exact) mass is 478 g/mol. The average molecular weight is 479 g/mol. The van der Waals surface area contributed by atoms with Gasteiger partial charge in [0.1, 0.15) is 23.1 Å². The SMILES string of the molecule is COc1ccc(-c2noc(COC(=O)/C(C#N)=C/c3cc(C)n(CCC(C)C)c3C)n2)c(OC)c1. The number of nitriles is 1. The van der Waals surface area contributed by atoms with Gasteiger partial charge < -0.3 is 23.3 Å². The van der Waals surface area contributed by atoms with Crippen molar-refractivity contribution in [3.63, 3.8) is 0 Å². The van der Waals surface area contributed by atoms with E-state index in [2.05, 4.69) is 28.6 Å². The second-order valence-electron chi connectivity index (χ2n) is 8.48. The molecule has 0 saturated heterocycles. The van der Waals surface area contributed by atoms with Gasteiger partial charge in [-0.25, -0.2) is 4.79 Å². The molecule has 3 rings (SSSR count). The Morgan fingerprint density at radius 1 is 1.23 bits per heavy atom. The van der Waals surface area contributed by atoms with Crippen molar-refractivity contribution in [1.29, 1.82) is 5.26 Å². The maximum absolute atomic E-state index is 12.6. The summed E-state index contributed by atoms with van der Waals surface area (Å²) in [6.07, 6.45) is 2.60. The van der Waals surface area contributed by atoms with Gasteiger partial charge >= 0.3 is 5.97 Å². The summed E-state index contributed by atoms with van der Waals surface area (Å²) in [4.78, 5) is 16.8. The first-order valence-electron chi connectivity index (χ1n) is 11.3. The molecule has 0 fully saturated rings. The van der Waals surface area contributed by atoms with E-state index in [1.165, 1.54) is 7.11 Å². The van der Waals surface area contributed by atoms with E-state index in [0.717, 1.165) is 29.9 Å². The molecule has 0 aliphatic rings. The number of benzene rings is 1. The van der Waals surface area contributed by atoms with Gasteiger partial charge in [-0.2, -0.15) is 10.2 Å². The van der Waals surface area contributed by atoms with Crippen molar-refractivity contribution in [2.45, 2.75) is 47.3 Å². The van der Waals surface area contributed by atoms with Crippen LogP contribution >= 0.6 is 0 Å². The molecule has 0 amide bonds. The van der Waals surface area contributed by atoms with Gasteiger partial charge in [-0.05, 0) is 56.0 Å². The highest BCUT2D eigenvalue weighted by molar-refractivity contribution is 5.98. The van der Waals surface area contributed by atoms with Gasteiger partial charge in [-0.3, -0.25) is 0 Å². The minimum Gasteiger partial charge on any atom is -0.497 e. The first-order valence-corrected chi connectivity index (χ1v) is 11.3. The minimum absolute atomic E-state index is 0.0929. The lowest BCUT2D eigenvalue weighted by Crippen LogP contribution is -2.07. The second kappa shape index (κ2) is 11.4. The van der Waals surface area contributed by atoms with Crippen LogP contribution in [0.25, 0.3) is 17.5 Å². The zero-order valence-electron chi connectivity index (χ0n) is 20.9. The number of carbonyl (C=O) groups excluding carboxylic acids is 1. The van der Waals surface area contributed by atoms with Crippen LogP contribution in [-0.2, 0) is 22.7 Å². The second-order valence-corrected chi connectivity index (χ2v) is 8.48. The van der Waals surface area contributed by atoms with Crippen molar-refractivity contribution >= 4 is 12.0 Å². The standard InChI is InChI=1S/C26H30N4O5/c1-16(2)9-10-30-17(3)11-19(18(30)4)12-20(14-27)26(31)34-15-24-28-25(29-35-24)22-8-7-21(32-5)13-23(22)33-6/h7-8,11-13,16H,9-10,15H2,1-6H3/b20-12+. The van der Waals surface area contributed by atoms with Crippen LogP contribution < -0.4 is 9.47 Å². The Morgan fingerprint density at radius 3 is 2.66 bits per heavy atom. The molecule has 184 valence electrons. The topological polar surface area (TPSA) is 112 Å². The van der Waals surface area contributed by atoms with Gasteiger partial charge in [-0.15, -0.1) is 0 Å². The quantitative estimate of drug-likeness (QED) is 0.230. The Kier molecular flexibility index (Phi) is 8.31. The third-order valence-electron chi connectivity index (χ3n) is 5.63. The van der Waals surface area contributed by atoms with E-state index < -0.39 is 5.97 Å². The maximum Gasteiger partial charge on any atom is 0.349 e. The van der Waals surface area contributed by atoms with Crippen LogP contribution in [0.4, 0.5) is 0 Å². The Hall–Kier alpha value is -4.06. The third-order valence-corrected chi connectivity index (χ3v) is 5.63. The maximum atomic E-state index is 12.6. The van der Waals surface area contributed by atoms with E-state index in [9.17, 15) is 10.1 Å². The van der Waals surface area contributed by atoms with E-state index in [0.29, 0.717) is 23.0 Å². The number of ether oxygens (including phenoxy) is 3. The molecule has 0 saturated carbocycles. The largest absolute Gasteiger partial charge is 0.497 e. The van der Waals surface area contributed by atoms with Crippen molar-refractivity contribution in [2.75, 3.05) is 14.2 Å². The highest BCUT2D eigenvalue weighted by Crippen LogP contribution is 2.31. The van der Waals surface area contributed by atoms with E-state index in [1.54, 1.807) is 31.4 Å². The molecule has 0 atom stereocenters. The molecule has 0 aliphatic carbocycles. The lowest BCUT2D eigenvalue weighted by Gasteiger charge is -2.11. The van der Waals surface area contributed by atoms with E-state index in [-0.39, 0.29) is 23.9 Å². The Morgan fingerprint density at radius 2 is 2.00 bits per heavy atom. The van der Waals surface area contributed by atoms with Crippen LogP contribution in [0, 0.1) is 31.1 Å². The molecule has 0 unspecified atom stereocenters. The first-order chi connectivity index (χ1) is 16.8. The van der Waals surface area contributed by atoms with Gasteiger partial charge in [0.05, 0.1) is 19.8 Å². The number of aromatic nitrogens is 3. The molecule has 0 N–H and O–H groups in total. The molecule has 9 nitrogen and oxygen atoms in total. The smallest absolute Gasteiger partial charge is 0.349 e. The summed E-state index contributed by atoms with van der Waals surface area (Å²) in [5.74, 6) is 1.32. The molecular weight excluding hydrogens is 448 g/mol. The number of esters is 1. The number of methoxy groups -OCH3 is 2. The van der Waals surface area contributed by atoms with Crippen LogP contribution in [0.3, 0.4) is 0 Å². The molecule has 35 heavy (non-hydrogen) atoms. The van der Waals surface area contributed by atoms with Crippen molar-refractivity contribution in [2.24, 2.45) is 5.92 Å². The summed E-state index contributed by atoms with van der Waals surface area (Å²) in [5, 5.41) is 13.5. The summed E-state index contributed by atoms with van der Waals surface area (Å²) in [5.41, 5.74) is 3.38. The highest BCUT2D eigenvalue weighted by Gasteiger charge is 2.18. The van der Waals surface area contributed by atoms with Crippen LogP contribution in [0.15, 0.2) is 34.4 Å². The van der Waals surface area contributed by atoms with Gasteiger partial charge in [-0.1, -0.05) is 19.0 Å². The Balaban J connectivity index is 1.71. The van der Waals surface area contributed by atoms with Gasteiger partial charge in [0.2, 0.25) is 5.82 Å². The van der Waals surface area contributed by atoms with Gasteiger partial charge in [0.15, 0.2) is 6.61 Å². The summed E-state index contributed by atoms with van der Waals surface area (Å²) >= 11 is 0. The van der Waals surface area contributed by atoms with Crippen LogP contribution in [0.5, 0.6) is 11.5 Å². The molecular formula is C26H30N4O5. The fraction of sp³-hybridized carbons (Fsp3) is 0.385. The summed E-state index contributed by atoms with van der Waals surface area (Å²) < 4.78 is 23.2. The van der Waals surface area contributed by atoms with E-state index in [4.69, 9.17) is 18.7 Å². The van der Waals surface area contributed by atoms with Crippen molar-refractivity contribution in [3.05, 3.63) is 52.7 Å². The average Bonchev–Trinajstić information content (AvgIpc) is 3.42. The van der Waals surface area contributed by atoms with Gasteiger partial charge in [0.25, 0.3) is 5.89 Å². The zero-order chi connectivity index (χ0) is 25.5. The Bertz CT molecular complexity index is 1260. The van der Waals surface area contributed by atoms with Crippen LogP contribution in [-0.4, -0.2) is 34.9 Å². The summed E-state index contributed by atoms with van der Waals surface area (Å²) in [7, 11) is 3.09. The number of hydrogen-bond acceptors (Lipinski definition) is 8. The number of aryl methyl sites for hydroxylation is 1. The normalized spacial score (nSPS) is 11.4. The molecule has 9 heteroatoms. The van der Waals surface area contributed by atoms with Crippen molar-refractivity contribution in [1.82, 2.24) is 14.7 Å². The molecule has 0 radical (unpaired) electrons. The van der Waals surface area contributed by atoms with E-state index >= 15 is 0 Å². The lowest BCUT2D eigenvalue weighted by molar-refractivity contribution is -0.140. The minimum atomic E-state index is -0.763. The van der Waals surface area contributed by atoms with E-state index in [1.807, 2.05) is 26.0 Å². The molecule has 0 bridgehead atoms. The molecule has 0 aliphatic heterocycles. The number of hydrogen-bond donors (Lipinski definition) is 0. The molecule has 0 spiro atoms. The lowest BCUT2D eigenvalue weighted by atomic mass is 10.1. The highest BCUT2D eigenvalue weighted by atomic mass is 16.6. The molecule has 1 aromatic carbocycles. The van der Waals surface area contributed by atoms with Crippen LogP contribution in [0.1, 0.15) is 43.1 Å². The van der Waals surface area contributed by atoms with Crippen molar-refractivity contribution in [3.8, 4) is 29.0 Å². The predicted molar refractivity (Wildman–Crippen MR) is 130 cm³/mol. The summed E-state index contributed by atoms with van der Waals surface area (Å²) in [6, 6.07) is 9.09. The molecule has 2 heterocycles. The van der Waals surface area contributed by atoms with Crippen LogP contribution in [0.2, 0.25) is 0 Å². The first kappa shape index (κ1) is 25.6. The fourth-order valence-corrected chi connectivity index (χ4v) is 3.61. The fourth-order valence-electron chi connectivity index (χ4n) is 3.61. The molecule has 2 aromatic heterocycles. The number of nitrogens with zero attached hydrogens (tertiary/aromatic N) is 4.